The molecule has 8 heteroatoms. The molecule has 2 aromatic carbocycles. The van der Waals surface area contributed by atoms with E-state index in [1.165, 1.54) is 29.2 Å². The molecule has 7 nitrogen and oxygen atoms in total. The van der Waals surface area contributed by atoms with Crippen molar-refractivity contribution < 1.29 is 27.9 Å². The van der Waals surface area contributed by atoms with Crippen LogP contribution in [0.3, 0.4) is 0 Å². The van der Waals surface area contributed by atoms with E-state index < -0.39 is 5.82 Å². The summed E-state index contributed by atoms with van der Waals surface area (Å²) in [5.41, 5.74) is 1.19. The number of hydrogen-bond acceptors (Lipinski definition) is 5. The first kappa shape index (κ1) is 23.4. The number of ether oxygens (including phenoxy) is 2. The molecule has 0 spiro atoms. The van der Waals surface area contributed by atoms with Crippen LogP contribution < -0.4 is 9.47 Å². The van der Waals surface area contributed by atoms with Crippen molar-refractivity contribution in [1.82, 2.24) is 9.80 Å². The van der Waals surface area contributed by atoms with Gasteiger partial charge in [-0.05, 0) is 74.9 Å². The van der Waals surface area contributed by atoms with Crippen LogP contribution >= 0.6 is 0 Å². The van der Waals surface area contributed by atoms with Crippen molar-refractivity contribution >= 4 is 11.8 Å². The molecule has 0 bridgehead atoms. The minimum Gasteiger partial charge on any atom is -0.464 e. The van der Waals surface area contributed by atoms with Crippen molar-refractivity contribution in [1.29, 1.82) is 0 Å². The standard InChI is InChI=1S/C26H27FN2O5/c1-17(2)29(26(31)20-6-8-21(27)9-7-20)15-25(30)28(14-22-10-4-18(3)34-22)13-19-5-11-23-24(12-19)33-16-32-23/h4-12,17H,13-16H2,1-3H3. The van der Waals surface area contributed by atoms with E-state index in [1.807, 2.05) is 51.1 Å². The Morgan fingerprint density at radius 3 is 2.38 bits per heavy atom. The summed E-state index contributed by atoms with van der Waals surface area (Å²) >= 11 is 0. The molecule has 4 rings (SSSR count). The molecule has 3 aromatic rings. The van der Waals surface area contributed by atoms with Crippen molar-refractivity contribution in [2.24, 2.45) is 0 Å². The molecule has 1 aromatic heterocycles. The molecule has 0 unspecified atom stereocenters. The van der Waals surface area contributed by atoms with Gasteiger partial charge in [-0.25, -0.2) is 4.39 Å². The molecule has 34 heavy (non-hydrogen) atoms. The van der Waals surface area contributed by atoms with Crippen LogP contribution in [0.1, 0.15) is 41.3 Å². The van der Waals surface area contributed by atoms with Gasteiger partial charge in [0.2, 0.25) is 12.7 Å². The fourth-order valence-corrected chi connectivity index (χ4v) is 3.74. The van der Waals surface area contributed by atoms with Crippen LogP contribution in [0.4, 0.5) is 4.39 Å². The zero-order chi connectivity index (χ0) is 24.2. The lowest BCUT2D eigenvalue weighted by Crippen LogP contribution is -2.45. The van der Waals surface area contributed by atoms with Crippen LogP contribution in [-0.4, -0.2) is 41.0 Å². The number of fused-ring (bicyclic) bond motifs is 1. The Morgan fingerprint density at radius 2 is 1.71 bits per heavy atom. The maximum absolute atomic E-state index is 13.5. The summed E-state index contributed by atoms with van der Waals surface area (Å²) in [6.45, 7) is 6.11. The lowest BCUT2D eigenvalue weighted by Gasteiger charge is -2.30. The summed E-state index contributed by atoms with van der Waals surface area (Å²) < 4.78 is 29.9. The smallest absolute Gasteiger partial charge is 0.254 e. The third-order valence-electron chi connectivity index (χ3n) is 5.59. The Morgan fingerprint density at radius 1 is 0.971 bits per heavy atom. The highest BCUT2D eigenvalue weighted by molar-refractivity contribution is 5.96. The van der Waals surface area contributed by atoms with E-state index in [-0.39, 0.29) is 37.7 Å². The third kappa shape index (κ3) is 5.39. The number of hydrogen-bond donors (Lipinski definition) is 0. The van der Waals surface area contributed by atoms with Gasteiger partial charge >= 0.3 is 0 Å². The topological polar surface area (TPSA) is 72.2 Å². The molecule has 0 fully saturated rings. The van der Waals surface area contributed by atoms with Crippen LogP contribution in [-0.2, 0) is 17.9 Å². The molecule has 0 N–H and O–H groups in total. The molecule has 0 aliphatic carbocycles. The second-order valence-corrected chi connectivity index (χ2v) is 8.48. The second-order valence-electron chi connectivity index (χ2n) is 8.48. The maximum Gasteiger partial charge on any atom is 0.254 e. The van der Waals surface area contributed by atoms with E-state index in [9.17, 15) is 14.0 Å². The predicted octanol–water partition coefficient (Wildman–Crippen LogP) is 4.54. The van der Waals surface area contributed by atoms with Crippen molar-refractivity contribution in [3.05, 3.63) is 83.1 Å². The largest absolute Gasteiger partial charge is 0.464 e. The Balaban J connectivity index is 1.55. The lowest BCUT2D eigenvalue weighted by molar-refractivity contribution is -0.133. The number of furan rings is 1. The maximum atomic E-state index is 13.5. The molecular formula is C26H27FN2O5. The van der Waals surface area contributed by atoms with Gasteiger partial charge in [-0.1, -0.05) is 6.07 Å². The Kier molecular flexibility index (Phi) is 6.86. The van der Waals surface area contributed by atoms with Gasteiger partial charge in [-0.15, -0.1) is 0 Å². The molecule has 1 aliphatic rings. The summed E-state index contributed by atoms with van der Waals surface area (Å²) in [7, 11) is 0. The van der Waals surface area contributed by atoms with Crippen LogP contribution in [0, 0.1) is 12.7 Å². The zero-order valence-electron chi connectivity index (χ0n) is 19.4. The molecule has 178 valence electrons. The number of carbonyl (C=O) groups excluding carboxylic acids is 2. The van der Waals surface area contributed by atoms with Crippen LogP contribution in [0.15, 0.2) is 59.0 Å². The molecular weight excluding hydrogens is 439 g/mol. The average molecular weight is 467 g/mol. The number of aryl methyl sites for hydroxylation is 1. The van der Waals surface area contributed by atoms with Crippen molar-refractivity contribution in [2.45, 2.75) is 39.9 Å². The molecule has 0 atom stereocenters. The molecule has 1 aliphatic heterocycles. The summed E-state index contributed by atoms with van der Waals surface area (Å²) in [5.74, 6) is 1.70. The SMILES string of the molecule is Cc1ccc(CN(Cc2ccc3c(c2)OCO3)C(=O)CN(C(=O)c2ccc(F)cc2)C(C)C)o1. The van der Waals surface area contributed by atoms with Gasteiger partial charge in [0, 0.05) is 18.2 Å². The number of carbonyl (C=O) groups is 2. The molecule has 2 heterocycles. The summed E-state index contributed by atoms with van der Waals surface area (Å²) in [6, 6.07) is 14.3. The van der Waals surface area contributed by atoms with E-state index in [2.05, 4.69) is 0 Å². The lowest BCUT2D eigenvalue weighted by atomic mass is 10.1. The number of benzene rings is 2. The highest BCUT2D eigenvalue weighted by atomic mass is 19.1. The van der Waals surface area contributed by atoms with Gasteiger partial charge in [-0.2, -0.15) is 0 Å². The number of halogens is 1. The van der Waals surface area contributed by atoms with Gasteiger partial charge in [0.1, 0.15) is 23.9 Å². The predicted molar refractivity (Wildman–Crippen MR) is 123 cm³/mol. The fourth-order valence-electron chi connectivity index (χ4n) is 3.74. The summed E-state index contributed by atoms with van der Waals surface area (Å²) in [6.07, 6.45) is 0. The van der Waals surface area contributed by atoms with Gasteiger partial charge in [0.15, 0.2) is 11.5 Å². The van der Waals surface area contributed by atoms with E-state index >= 15 is 0 Å². The molecule has 0 saturated heterocycles. The average Bonchev–Trinajstić information content (AvgIpc) is 3.44. The minimum atomic E-state index is -0.424. The Labute approximate surface area is 197 Å². The first-order valence-corrected chi connectivity index (χ1v) is 11.1. The Hall–Kier alpha value is -3.81. The molecule has 0 radical (unpaired) electrons. The first-order chi connectivity index (χ1) is 16.3. The van der Waals surface area contributed by atoms with Crippen molar-refractivity contribution in [2.75, 3.05) is 13.3 Å². The van der Waals surface area contributed by atoms with Crippen LogP contribution in [0.2, 0.25) is 0 Å². The normalized spacial score (nSPS) is 12.1. The van der Waals surface area contributed by atoms with Gasteiger partial charge in [-0.3, -0.25) is 9.59 Å². The molecule has 0 saturated carbocycles. The molecule has 2 amide bonds. The highest BCUT2D eigenvalue weighted by Gasteiger charge is 2.26. The summed E-state index contributed by atoms with van der Waals surface area (Å²) in [4.78, 5) is 29.7. The fraction of sp³-hybridized carbons (Fsp3) is 0.308. The highest BCUT2D eigenvalue weighted by Crippen LogP contribution is 2.33. The minimum absolute atomic E-state index is 0.127. The summed E-state index contributed by atoms with van der Waals surface area (Å²) in [5, 5.41) is 0. The Bertz CT molecular complexity index is 1170. The van der Waals surface area contributed by atoms with E-state index in [1.54, 1.807) is 4.90 Å². The van der Waals surface area contributed by atoms with Gasteiger partial charge < -0.3 is 23.7 Å². The van der Waals surface area contributed by atoms with Gasteiger partial charge in [0.05, 0.1) is 6.54 Å². The first-order valence-electron chi connectivity index (χ1n) is 11.1. The zero-order valence-corrected chi connectivity index (χ0v) is 19.4. The monoisotopic (exact) mass is 466 g/mol. The van der Waals surface area contributed by atoms with Crippen LogP contribution in [0.25, 0.3) is 0 Å². The number of nitrogens with zero attached hydrogens (tertiary/aromatic N) is 2. The quantitative estimate of drug-likeness (QED) is 0.488. The number of rotatable bonds is 8. The van der Waals surface area contributed by atoms with Crippen molar-refractivity contribution in [3.8, 4) is 11.5 Å². The van der Waals surface area contributed by atoms with Gasteiger partial charge in [0.25, 0.3) is 5.91 Å². The van der Waals surface area contributed by atoms with E-state index in [0.717, 1.165) is 11.3 Å². The van der Waals surface area contributed by atoms with Crippen molar-refractivity contribution in [3.63, 3.8) is 0 Å². The van der Waals surface area contributed by atoms with E-state index in [4.69, 9.17) is 13.9 Å². The van der Waals surface area contributed by atoms with Crippen LogP contribution in [0.5, 0.6) is 11.5 Å². The van der Waals surface area contributed by atoms with E-state index in [0.29, 0.717) is 29.4 Å². The second kappa shape index (κ2) is 9.99. The third-order valence-corrected chi connectivity index (χ3v) is 5.59. The number of amides is 2.